The Morgan fingerprint density at radius 1 is 1.21 bits per heavy atom. The highest BCUT2D eigenvalue weighted by molar-refractivity contribution is 5.88. The number of aromatic nitrogens is 2. The van der Waals surface area contributed by atoms with Crippen LogP contribution in [0.25, 0.3) is 0 Å². The highest BCUT2D eigenvalue weighted by Gasteiger charge is 2.36. The second kappa shape index (κ2) is 7.51. The molecule has 6 heteroatoms. The van der Waals surface area contributed by atoms with Crippen molar-refractivity contribution in [2.75, 3.05) is 11.4 Å². The number of amides is 1. The molecule has 2 aliphatic rings. The number of carbonyl (C=O) groups is 1. The van der Waals surface area contributed by atoms with Crippen molar-refractivity contribution >= 4 is 11.9 Å². The van der Waals surface area contributed by atoms with Crippen LogP contribution < -0.4 is 10.2 Å². The van der Waals surface area contributed by atoms with Gasteiger partial charge in [0.1, 0.15) is 11.4 Å². The summed E-state index contributed by atoms with van der Waals surface area (Å²) in [5.41, 5.74) is 1.88. The van der Waals surface area contributed by atoms with Crippen LogP contribution in [0.15, 0.2) is 42.9 Å². The Labute approximate surface area is 166 Å². The molecule has 0 bridgehead atoms. The SMILES string of the molecule is CC(C)(C)OC(=O)N1CCC(NC2CC(c3cccnc3)C2)c2cccnc21. The van der Waals surface area contributed by atoms with Crippen LogP contribution in [0.1, 0.15) is 63.1 Å². The normalized spacial score (nSPS) is 24.2. The van der Waals surface area contributed by atoms with Gasteiger partial charge in [-0.25, -0.2) is 9.78 Å². The molecule has 1 aliphatic heterocycles. The molecule has 4 rings (SSSR count). The minimum atomic E-state index is -0.519. The molecule has 1 N–H and O–H groups in total. The number of pyridine rings is 2. The van der Waals surface area contributed by atoms with Crippen molar-refractivity contribution in [1.29, 1.82) is 0 Å². The molecule has 28 heavy (non-hydrogen) atoms. The van der Waals surface area contributed by atoms with E-state index in [9.17, 15) is 4.79 Å². The number of rotatable bonds is 3. The Morgan fingerprint density at radius 2 is 2.00 bits per heavy atom. The van der Waals surface area contributed by atoms with E-state index in [-0.39, 0.29) is 12.1 Å². The van der Waals surface area contributed by atoms with Gasteiger partial charge >= 0.3 is 6.09 Å². The zero-order valence-corrected chi connectivity index (χ0v) is 16.8. The Hall–Kier alpha value is -2.47. The predicted octanol–water partition coefficient (Wildman–Crippen LogP) is 4.20. The molecule has 1 unspecified atom stereocenters. The van der Waals surface area contributed by atoms with Crippen molar-refractivity contribution in [3.05, 3.63) is 54.0 Å². The van der Waals surface area contributed by atoms with Gasteiger partial charge in [-0.05, 0) is 63.6 Å². The molecule has 0 aromatic carbocycles. The Morgan fingerprint density at radius 3 is 2.71 bits per heavy atom. The number of anilines is 1. The van der Waals surface area contributed by atoms with Gasteiger partial charge in [0.2, 0.25) is 0 Å². The lowest BCUT2D eigenvalue weighted by atomic mass is 9.75. The number of carbonyl (C=O) groups excluding carboxylic acids is 1. The van der Waals surface area contributed by atoms with Crippen LogP contribution in [-0.4, -0.2) is 34.2 Å². The smallest absolute Gasteiger partial charge is 0.416 e. The summed E-state index contributed by atoms with van der Waals surface area (Å²) in [7, 11) is 0. The van der Waals surface area contributed by atoms with E-state index in [0.29, 0.717) is 24.3 Å². The summed E-state index contributed by atoms with van der Waals surface area (Å²) in [4.78, 5) is 23.0. The first-order chi connectivity index (χ1) is 13.4. The maximum Gasteiger partial charge on any atom is 0.416 e. The van der Waals surface area contributed by atoms with Gasteiger partial charge < -0.3 is 10.1 Å². The van der Waals surface area contributed by atoms with E-state index in [0.717, 1.165) is 24.8 Å². The predicted molar refractivity (Wildman–Crippen MR) is 108 cm³/mol. The molecule has 2 aromatic rings. The van der Waals surface area contributed by atoms with Gasteiger partial charge in [0.05, 0.1) is 0 Å². The summed E-state index contributed by atoms with van der Waals surface area (Å²) in [6.45, 7) is 6.25. The molecular formula is C22H28N4O2. The van der Waals surface area contributed by atoms with Gasteiger partial charge in [-0.3, -0.25) is 9.88 Å². The largest absolute Gasteiger partial charge is 0.443 e. The first-order valence-corrected chi connectivity index (χ1v) is 10.0. The maximum atomic E-state index is 12.6. The fourth-order valence-electron chi connectivity index (χ4n) is 4.02. The molecule has 1 fully saturated rings. The average Bonchev–Trinajstić information content (AvgIpc) is 2.63. The fourth-order valence-corrected chi connectivity index (χ4v) is 4.02. The monoisotopic (exact) mass is 380 g/mol. The van der Waals surface area contributed by atoms with Gasteiger partial charge in [-0.1, -0.05) is 12.1 Å². The minimum absolute atomic E-state index is 0.210. The van der Waals surface area contributed by atoms with Crippen LogP contribution >= 0.6 is 0 Å². The number of fused-ring (bicyclic) bond motifs is 1. The maximum absolute atomic E-state index is 12.6. The summed E-state index contributed by atoms with van der Waals surface area (Å²) in [5.74, 6) is 1.30. The van der Waals surface area contributed by atoms with Crippen LogP contribution in [0.2, 0.25) is 0 Å². The zero-order chi connectivity index (χ0) is 19.7. The van der Waals surface area contributed by atoms with Crippen molar-refractivity contribution < 1.29 is 9.53 Å². The topological polar surface area (TPSA) is 67.3 Å². The quantitative estimate of drug-likeness (QED) is 0.864. The van der Waals surface area contributed by atoms with Crippen molar-refractivity contribution in [3.8, 4) is 0 Å². The number of nitrogens with zero attached hydrogens (tertiary/aromatic N) is 3. The van der Waals surface area contributed by atoms with Gasteiger partial charge in [-0.2, -0.15) is 0 Å². The molecule has 0 radical (unpaired) electrons. The number of hydrogen-bond donors (Lipinski definition) is 1. The first-order valence-electron chi connectivity index (χ1n) is 10.0. The van der Waals surface area contributed by atoms with Crippen LogP contribution in [0, 0.1) is 0 Å². The number of ether oxygens (including phenoxy) is 1. The lowest BCUT2D eigenvalue weighted by Gasteiger charge is -2.41. The van der Waals surface area contributed by atoms with Gasteiger partial charge in [-0.15, -0.1) is 0 Å². The summed E-state index contributed by atoms with van der Waals surface area (Å²) in [6, 6.07) is 8.86. The average molecular weight is 380 g/mol. The van der Waals surface area contributed by atoms with E-state index in [1.54, 1.807) is 11.1 Å². The van der Waals surface area contributed by atoms with Crippen LogP contribution in [0.3, 0.4) is 0 Å². The highest BCUT2D eigenvalue weighted by Crippen LogP contribution is 2.40. The molecule has 1 aliphatic carbocycles. The third-order valence-corrected chi connectivity index (χ3v) is 5.43. The second-order valence-electron chi connectivity index (χ2n) is 8.71. The van der Waals surface area contributed by atoms with E-state index in [2.05, 4.69) is 27.4 Å². The summed E-state index contributed by atoms with van der Waals surface area (Å²) < 4.78 is 5.57. The lowest BCUT2D eigenvalue weighted by molar-refractivity contribution is 0.0574. The van der Waals surface area contributed by atoms with Crippen LogP contribution in [0.5, 0.6) is 0 Å². The standard InChI is InChI=1S/C22H28N4O2/c1-22(2,3)28-21(27)26-11-8-19(18-7-5-10-24-20(18)26)25-17-12-16(13-17)15-6-4-9-23-14-15/h4-7,9-10,14,16-17,19,25H,8,11-13H2,1-3H3. The first kappa shape index (κ1) is 18.9. The highest BCUT2D eigenvalue weighted by atomic mass is 16.6. The number of nitrogens with one attached hydrogen (secondary N) is 1. The molecule has 0 spiro atoms. The van der Waals surface area contributed by atoms with Crippen molar-refractivity contribution in [2.45, 2.75) is 63.6 Å². The summed E-state index contributed by atoms with van der Waals surface area (Å²) >= 11 is 0. The fraction of sp³-hybridized carbons (Fsp3) is 0.500. The molecule has 148 valence electrons. The molecule has 2 aromatic heterocycles. The third kappa shape index (κ3) is 4.02. The van der Waals surface area contributed by atoms with Crippen molar-refractivity contribution in [1.82, 2.24) is 15.3 Å². The summed E-state index contributed by atoms with van der Waals surface area (Å²) in [5, 5.41) is 3.78. The third-order valence-electron chi connectivity index (χ3n) is 5.43. The Balaban J connectivity index is 1.42. The summed E-state index contributed by atoms with van der Waals surface area (Å²) in [6.07, 6.45) is 8.29. The van der Waals surface area contributed by atoms with Crippen molar-refractivity contribution in [3.63, 3.8) is 0 Å². The molecule has 1 amide bonds. The van der Waals surface area contributed by atoms with Crippen LogP contribution in [0.4, 0.5) is 10.6 Å². The molecule has 1 saturated carbocycles. The Kier molecular flexibility index (Phi) is 5.06. The number of hydrogen-bond acceptors (Lipinski definition) is 5. The zero-order valence-electron chi connectivity index (χ0n) is 16.8. The van der Waals surface area contributed by atoms with E-state index >= 15 is 0 Å². The van der Waals surface area contributed by atoms with E-state index < -0.39 is 5.60 Å². The van der Waals surface area contributed by atoms with E-state index in [1.807, 2.05) is 45.3 Å². The molecule has 6 nitrogen and oxygen atoms in total. The minimum Gasteiger partial charge on any atom is -0.443 e. The molecule has 0 saturated heterocycles. The van der Waals surface area contributed by atoms with Gasteiger partial charge in [0, 0.05) is 42.8 Å². The van der Waals surface area contributed by atoms with Gasteiger partial charge in [0.15, 0.2) is 0 Å². The lowest BCUT2D eigenvalue weighted by Crippen LogP contribution is -2.47. The molecular weight excluding hydrogens is 352 g/mol. The van der Waals surface area contributed by atoms with Crippen molar-refractivity contribution in [2.24, 2.45) is 0 Å². The van der Waals surface area contributed by atoms with E-state index in [1.165, 1.54) is 5.56 Å². The van der Waals surface area contributed by atoms with Crippen LogP contribution in [-0.2, 0) is 4.74 Å². The second-order valence-corrected chi connectivity index (χ2v) is 8.71. The molecule has 1 atom stereocenters. The molecule has 3 heterocycles. The Bertz CT molecular complexity index is 828. The van der Waals surface area contributed by atoms with E-state index in [4.69, 9.17) is 4.74 Å². The van der Waals surface area contributed by atoms with Gasteiger partial charge in [0.25, 0.3) is 0 Å².